The van der Waals surface area contributed by atoms with Gasteiger partial charge in [0.05, 0.1) is 22.2 Å². The predicted molar refractivity (Wildman–Crippen MR) is 413 cm³/mol. The lowest BCUT2D eigenvalue weighted by molar-refractivity contribution is 0.589. The molecule has 4 nitrogen and oxygen atoms in total. The molecule has 0 N–H and O–H groups in total. The van der Waals surface area contributed by atoms with Gasteiger partial charge in [-0.05, 0) is 185 Å². The van der Waals surface area contributed by atoms with Crippen molar-refractivity contribution in [1.29, 1.82) is 0 Å². The maximum atomic E-state index is 7.80. The first-order valence-electron chi connectivity index (χ1n) is 34.5. The molecule has 96 heavy (non-hydrogen) atoms. The van der Waals surface area contributed by atoms with E-state index in [4.69, 9.17) is 8.83 Å². The van der Waals surface area contributed by atoms with E-state index in [2.05, 4.69) is 353 Å². The Morgan fingerprint density at radius 1 is 0.302 bits per heavy atom. The fourth-order valence-corrected chi connectivity index (χ4v) is 16.4. The first-order chi connectivity index (χ1) is 45.4. The van der Waals surface area contributed by atoms with Crippen LogP contribution in [-0.2, 0) is 37.9 Å². The van der Waals surface area contributed by atoms with Crippen molar-refractivity contribution in [3.05, 3.63) is 274 Å². The zero-order valence-electron chi connectivity index (χ0n) is 59.4. The Bertz CT molecular complexity index is 5000. The van der Waals surface area contributed by atoms with Crippen LogP contribution in [0.2, 0.25) is 0 Å². The number of rotatable bonds is 8. The average Bonchev–Trinajstić information content (AvgIpc) is 1.49. The highest BCUT2D eigenvalue weighted by atomic mass is 32.1. The summed E-state index contributed by atoms with van der Waals surface area (Å²) in [7, 11) is 0. The Kier molecular flexibility index (Phi) is 14.4. The number of nitrogens with zero attached hydrogens (tertiary/aromatic N) is 2. The number of para-hydroxylation sites is 1. The number of anilines is 6. The van der Waals surface area contributed by atoms with Gasteiger partial charge in [-0.2, -0.15) is 0 Å². The Morgan fingerprint density at radius 3 is 1.14 bits per heavy atom. The van der Waals surface area contributed by atoms with Crippen LogP contribution in [0.5, 0.6) is 0 Å². The van der Waals surface area contributed by atoms with Crippen molar-refractivity contribution in [2.45, 2.75) is 163 Å². The van der Waals surface area contributed by atoms with Gasteiger partial charge in [0.1, 0.15) is 22.3 Å². The standard InChI is InChI=1S/C91H90N2O2S/c1-85(2,3)55-27-29-60(30-28-55)91(62-40-50-77-70(52-62)69-51-61(90(16,17)18)39-49-76(69)94-77)71-53-73(92(63-41-31-56(32-42-63)86(4,5)6)64-43-33-57(34-44-64)87(7,8)9)79-67-23-19-21-25-75(67)95-83(79)81(71)82-72(91)54-74(80-68-24-20-22-26-78(68)96-84(80)82)93(65-45-35-58(36-46-65)88(10,11)12)66-47-37-59(38-48-66)89(13,14)15/h19-54H,1-18H3. The third-order valence-corrected chi connectivity index (χ3v) is 21.9. The molecule has 1 aliphatic carbocycles. The molecule has 0 radical (unpaired) electrons. The minimum atomic E-state index is -1.00. The molecule has 3 heterocycles. The highest BCUT2D eigenvalue weighted by molar-refractivity contribution is 7.26. The molecule has 0 aliphatic heterocycles. The number of furan rings is 2. The molecule has 1 unspecified atom stereocenters. The van der Waals surface area contributed by atoms with Gasteiger partial charge in [0.2, 0.25) is 0 Å². The summed E-state index contributed by atoms with van der Waals surface area (Å²) in [6.07, 6.45) is 0. The van der Waals surface area contributed by atoms with E-state index < -0.39 is 5.41 Å². The van der Waals surface area contributed by atoms with Gasteiger partial charge in [0.15, 0.2) is 0 Å². The lowest BCUT2D eigenvalue weighted by atomic mass is 9.66. The molecule has 1 aliphatic rings. The zero-order valence-corrected chi connectivity index (χ0v) is 60.2. The molecule has 0 fully saturated rings. The molecular weight excluding hydrogens is 1190 g/mol. The molecule has 3 aromatic heterocycles. The zero-order chi connectivity index (χ0) is 67.6. The average molecular weight is 1280 g/mol. The topological polar surface area (TPSA) is 32.8 Å². The molecule has 14 aromatic rings. The second kappa shape index (κ2) is 21.9. The lowest BCUT2D eigenvalue weighted by Crippen LogP contribution is -2.29. The van der Waals surface area contributed by atoms with E-state index in [1.165, 1.54) is 64.7 Å². The minimum absolute atomic E-state index is 0.0477. The number of fused-ring (bicyclic) bond motifs is 14. The van der Waals surface area contributed by atoms with E-state index >= 15 is 0 Å². The van der Waals surface area contributed by atoms with Crippen LogP contribution in [0.1, 0.15) is 180 Å². The third-order valence-electron chi connectivity index (χ3n) is 20.7. The van der Waals surface area contributed by atoms with Crippen molar-refractivity contribution >= 4 is 110 Å². The van der Waals surface area contributed by atoms with E-state index in [1.807, 2.05) is 11.3 Å². The number of hydrogen-bond donors (Lipinski definition) is 0. The summed E-state index contributed by atoms with van der Waals surface area (Å²) in [4.78, 5) is 5.08. The predicted octanol–water partition coefficient (Wildman–Crippen LogP) is 26.9. The SMILES string of the molecule is CC(C)(C)c1ccc(N(c2ccc(C(C)(C)C)cc2)c2cc3c(c4oc5ccccc5c24)-c2c(cc(N(c4ccc(C(C)(C)C)cc4)c4ccc(C(C)(C)C)cc4)c4c2sc2ccccc24)C3(c2ccc(C(C)(C)C)cc2)c2ccc3oc4ccc(C(C)(C)C)cc4c3c2)cc1. The fourth-order valence-electron chi connectivity index (χ4n) is 15.1. The number of hydrogen-bond acceptors (Lipinski definition) is 5. The fraction of sp³-hybridized carbons (Fsp3) is 0.275. The highest BCUT2D eigenvalue weighted by Gasteiger charge is 2.51. The lowest BCUT2D eigenvalue weighted by Gasteiger charge is -2.36. The Hall–Kier alpha value is -9.16. The maximum Gasteiger partial charge on any atom is 0.145 e. The van der Waals surface area contributed by atoms with Crippen LogP contribution < -0.4 is 9.80 Å². The Balaban J connectivity index is 1.17. The Labute approximate surface area is 572 Å². The van der Waals surface area contributed by atoms with E-state index in [0.717, 1.165) is 100 Å². The van der Waals surface area contributed by atoms with Gasteiger partial charge in [-0.25, -0.2) is 0 Å². The molecule has 11 aromatic carbocycles. The van der Waals surface area contributed by atoms with Crippen molar-refractivity contribution in [1.82, 2.24) is 0 Å². The van der Waals surface area contributed by atoms with Crippen molar-refractivity contribution in [3.8, 4) is 11.1 Å². The van der Waals surface area contributed by atoms with E-state index in [-0.39, 0.29) is 32.5 Å². The van der Waals surface area contributed by atoms with Crippen molar-refractivity contribution < 1.29 is 8.83 Å². The van der Waals surface area contributed by atoms with E-state index in [0.29, 0.717) is 0 Å². The monoisotopic (exact) mass is 1270 g/mol. The van der Waals surface area contributed by atoms with Gasteiger partial charge in [0, 0.05) is 70.2 Å². The summed E-state index contributed by atoms with van der Waals surface area (Å²) in [6, 6.07) is 84.1. The van der Waals surface area contributed by atoms with Gasteiger partial charge < -0.3 is 18.6 Å². The molecule has 0 saturated heterocycles. The van der Waals surface area contributed by atoms with Gasteiger partial charge in [-0.3, -0.25) is 0 Å². The van der Waals surface area contributed by atoms with Gasteiger partial charge in [-0.1, -0.05) is 246 Å². The quantitative estimate of drug-likeness (QED) is 0.152. The Morgan fingerprint density at radius 2 is 0.667 bits per heavy atom. The van der Waals surface area contributed by atoms with Crippen molar-refractivity contribution in [2.75, 3.05) is 9.80 Å². The summed E-state index contributed by atoms with van der Waals surface area (Å²) >= 11 is 1.90. The van der Waals surface area contributed by atoms with Crippen LogP contribution >= 0.6 is 11.3 Å². The largest absolute Gasteiger partial charge is 0.456 e. The van der Waals surface area contributed by atoms with Gasteiger partial charge >= 0.3 is 0 Å². The molecule has 0 saturated carbocycles. The summed E-state index contributed by atoms with van der Waals surface area (Å²) in [5.41, 5.74) is 23.1. The van der Waals surface area contributed by atoms with Crippen molar-refractivity contribution in [3.63, 3.8) is 0 Å². The molecule has 0 bridgehead atoms. The molecule has 5 heteroatoms. The van der Waals surface area contributed by atoms with Crippen LogP contribution in [-0.4, -0.2) is 0 Å². The van der Waals surface area contributed by atoms with Crippen LogP contribution in [0.25, 0.3) is 75.2 Å². The normalized spacial score (nSPS) is 14.8. The maximum absolute atomic E-state index is 7.80. The van der Waals surface area contributed by atoms with Crippen LogP contribution in [0.4, 0.5) is 34.1 Å². The van der Waals surface area contributed by atoms with Crippen LogP contribution in [0, 0.1) is 0 Å². The summed E-state index contributed by atoms with van der Waals surface area (Å²) in [5, 5.41) is 6.75. The van der Waals surface area contributed by atoms with Gasteiger partial charge in [-0.15, -0.1) is 11.3 Å². The minimum Gasteiger partial charge on any atom is -0.456 e. The number of thiophene rings is 1. The molecule has 0 amide bonds. The first kappa shape index (κ1) is 62.9. The van der Waals surface area contributed by atoms with E-state index in [9.17, 15) is 0 Å². The van der Waals surface area contributed by atoms with Crippen LogP contribution in [0.15, 0.2) is 227 Å². The molecule has 1 atom stereocenters. The molecular formula is C91H90N2O2S. The molecule has 15 rings (SSSR count). The van der Waals surface area contributed by atoms with Gasteiger partial charge in [0.25, 0.3) is 0 Å². The highest BCUT2D eigenvalue weighted by Crippen LogP contribution is 2.65. The first-order valence-corrected chi connectivity index (χ1v) is 35.3. The van der Waals surface area contributed by atoms with Crippen molar-refractivity contribution in [2.24, 2.45) is 0 Å². The third kappa shape index (κ3) is 10.3. The smallest absolute Gasteiger partial charge is 0.145 e. The molecule has 482 valence electrons. The second-order valence-corrected chi connectivity index (χ2v) is 34.5. The summed E-state index contributed by atoms with van der Waals surface area (Å²) < 4.78 is 17.2. The second-order valence-electron chi connectivity index (χ2n) is 33.5. The van der Waals surface area contributed by atoms with Crippen LogP contribution in [0.3, 0.4) is 0 Å². The summed E-state index contributed by atoms with van der Waals surface area (Å²) in [6.45, 7) is 41.5. The molecule has 0 spiro atoms. The number of benzene rings is 11. The van der Waals surface area contributed by atoms with E-state index in [1.54, 1.807) is 0 Å². The summed E-state index contributed by atoms with van der Waals surface area (Å²) in [5.74, 6) is 0.